The van der Waals surface area contributed by atoms with Crippen molar-refractivity contribution in [2.75, 3.05) is 12.9 Å². The Morgan fingerprint density at radius 1 is 1.15 bits per heavy atom. The maximum absolute atomic E-state index is 11.3. The molecule has 0 aromatic heterocycles. The molecule has 4 bridgehead atoms. The molecule has 0 aromatic rings. The first-order valence-corrected chi connectivity index (χ1v) is 10.2. The Labute approximate surface area is 165 Å². The van der Waals surface area contributed by atoms with Gasteiger partial charge in [-0.15, -0.1) is 0 Å². The molecular weight excluding hydrogens is 370 g/mol. The molecular formula is C19H31NO6S. The van der Waals surface area contributed by atoms with Crippen LogP contribution in [0, 0.1) is 23.7 Å². The van der Waals surface area contributed by atoms with Crippen LogP contribution in [0.3, 0.4) is 0 Å². The van der Waals surface area contributed by atoms with Gasteiger partial charge in [-0.2, -0.15) is 12.6 Å². The Morgan fingerprint density at radius 2 is 1.63 bits per heavy atom. The third-order valence-corrected chi connectivity index (χ3v) is 6.42. The highest BCUT2D eigenvalue weighted by Crippen LogP contribution is 2.54. The molecule has 154 valence electrons. The van der Waals surface area contributed by atoms with Crippen LogP contribution in [0.15, 0.2) is 0 Å². The zero-order valence-corrected chi connectivity index (χ0v) is 17.0. The van der Waals surface area contributed by atoms with E-state index in [1.54, 1.807) is 6.92 Å². The lowest BCUT2D eigenvalue weighted by atomic mass is 9.53. The second kappa shape index (κ2) is 9.28. The molecule has 27 heavy (non-hydrogen) atoms. The van der Waals surface area contributed by atoms with Crippen LogP contribution in [0.1, 0.15) is 51.9 Å². The molecule has 4 aliphatic rings. The maximum atomic E-state index is 11.3. The molecule has 0 aliphatic heterocycles. The van der Waals surface area contributed by atoms with Crippen LogP contribution in [0.25, 0.3) is 0 Å². The van der Waals surface area contributed by atoms with Gasteiger partial charge in [-0.1, -0.05) is 6.92 Å². The van der Waals surface area contributed by atoms with Crippen molar-refractivity contribution in [1.29, 1.82) is 0 Å². The third-order valence-electron chi connectivity index (χ3n) is 5.88. The molecule has 0 amide bonds. The lowest BCUT2D eigenvalue weighted by Gasteiger charge is -2.55. The summed E-state index contributed by atoms with van der Waals surface area (Å²) in [5.41, 5.74) is 6.62. The molecule has 1 unspecified atom stereocenters. The molecule has 0 saturated heterocycles. The number of rotatable bonds is 6. The number of carboxylic acids is 1. The Balaban J connectivity index is 0.000000203. The van der Waals surface area contributed by atoms with Crippen LogP contribution in [-0.4, -0.2) is 47.5 Å². The van der Waals surface area contributed by atoms with E-state index in [9.17, 15) is 14.4 Å². The normalized spacial score (nSPS) is 32.7. The van der Waals surface area contributed by atoms with Gasteiger partial charge in [0.25, 0.3) is 0 Å². The highest BCUT2D eigenvalue weighted by Gasteiger charge is 2.48. The summed E-state index contributed by atoms with van der Waals surface area (Å²) in [5.74, 6) is -0.0645. The van der Waals surface area contributed by atoms with Crippen LogP contribution in [-0.2, 0) is 23.9 Å². The van der Waals surface area contributed by atoms with Crippen LogP contribution < -0.4 is 5.73 Å². The lowest BCUT2D eigenvalue weighted by Crippen LogP contribution is -2.55. The number of carboxylic acid groups (broad SMARTS) is 1. The van der Waals surface area contributed by atoms with Gasteiger partial charge in [0.05, 0.1) is 19.4 Å². The zero-order chi connectivity index (χ0) is 20.2. The van der Waals surface area contributed by atoms with E-state index in [2.05, 4.69) is 22.1 Å². The monoisotopic (exact) mass is 401 g/mol. The number of hydrogen-bond acceptors (Lipinski definition) is 7. The number of ether oxygens (including phenoxy) is 2. The highest BCUT2D eigenvalue weighted by molar-refractivity contribution is 7.80. The fraction of sp³-hybridized carbons (Fsp3) is 0.842. The van der Waals surface area contributed by atoms with Gasteiger partial charge in [-0.25, -0.2) is 4.79 Å². The molecule has 4 saturated carbocycles. The van der Waals surface area contributed by atoms with E-state index in [4.69, 9.17) is 10.8 Å². The summed E-state index contributed by atoms with van der Waals surface area (Å²) < 4.78 is 8.94. The number of aliphatic carboxylic acids is 1. The first-order chi connectivity index (χ1) is 12.7. The van der Waals surface area contributed by atoms with Gasteiger partial charge >= 0.3 is 17.9 Å². The fourth-order valence-corrected chi connectivity index (χ4v) is 5.07. The van der Waals surface area contributed by atoms with Crippen molar-refractivity contribution >= 4 is 30.5 Å². The van der Waals surface area contributed by atoms with Gasteiger partial charge in [0.1, 0.15) is 0 Å². The molecule has 0 spiro atoms. The molecule has 0 aromatic carbocycles. The van der Waals surface area contributed by atoms with E-state index in [1.807, 2.05) is 0 Å². The quantitative estimate of drug-likeness (QED) is 0.460. The number of carbonyl (C=O) groups is 3. The topological polar surface area (TPSA) is 116 Å². The van der Waals surface area contributed by atoms with Crippen LogP contribution >= 0.6 is 12.6 Å². The molecule has 4 rings (SSSR count). The number of carbonyl (C=O) groups excluding carboxylic acids is 2. The highest BCUT2D eigenvalue weighted by atomic mass is 32.1. The fourth-order valence-electron chi connectivity index (χ4n) is 4.92. The first kappa shape index (κ1) is 22.0. The summed E-state index contributed by atoms with van der Waals surface area (Å²) in [5, 5.41) is 8.72. The maximum Gasteiger partial charge on any atom is 0.345 e. The number of thiol groups is 1. The minimum atomic E-state index is -1.51. The van der Waals surface area contributed by atoms with Crippen LogP contribution in [0.5, 0.6) is 0 Å². The SMILES string of the molecule is COC(=O)CC(OC(=O)[C@H](C)CS)C(=O)O.NC12CC3CC(CC(C3)C1)C2. The average Bonchev–Trinajstić information content (AvgIpc) is 2.58. The summed E-state index contributed by atoms with van der Waals surface area (Å²) in [4.78, 5) is 32.8. The summed E-state index contributed by atoms with van der Waals surface area (Å²) in [6, 6.07) is 0. The standard InChI is InChI=1S/C10H17N.C9H14O6S/c11-10-4-7-1-8(5-10)3-9(2-7)6-10;1-5(4-16)9(13)15-6(8(11)12)3-7(10)14-2/h7-9H,1-6,11H2;5-6,16H,3-4H2,1-2H3,(H,11,12)/t;5-,6?/m.1/s1. The van der Waals surface area contributed by atoms with Crippen molar-refractivity contribution < 1.29 is 29.0 Å². The predicted molar refractivity (Wildman–Crippen MR) is 102 cm³/mol. The Kier molecular flexibility index (Phi) is 7.56. The van der Waals surface area contributed by atoms with Gasteiger partial charge in [0.15, 0.2) is 0 Å². The van der Waals surface area contributed by atoms with E-state index < -0.39 is 36.4 Å². The van der Waals surface area contributed by atoms with Gasteiger partial charge in [-0.05, 0) is 56.3 Å². The molecule has 8 heteroatoms. The predicted octanol–water partition coefficient (Wildman–Crippen LogP) is 2.03. The minimum absolute atomic E-state index is 0.239. The van der Waals surface area contributed by atoms with E-state index in [0.717, 1.165) is 24.9 Å². The van der Waals surface area contributed by atoms with Crippen LogP contribution in [0.2, 0.25) is 0 Å². The van der Waals surface area contributed by atoms with Crippen molar-refractivity contribution in [2.45, 2.75) is 63.5 Å². The minimum Gasteiger partial charge on any atom is -0.478 e. The number of hydrogen-bond donors (Lipinski definition) is 3. The summed E-state index contributed by atoms with van der Waals surface area (Å²) >= 11 is 3.88. The van der Waals surface area contributed by atoms with Gasteiger partial charge in [0, 0.05) is 11.3 Å². The second-order valence-electron chi connectivity index (χ2n) is 8.41. The van der Waals surface area contributed by atoms with Crippen molar-refractivity contribution in [2.24, 2.45) is 29.4 Å². The van der Waals surface area contributed by atoms with Crippen molar-refractivity contribution in [3.63, 3.8) is 0 Å². The molecule has 0 heterocycles. The van der Waals surface area contributed by atoms with Crippen molar-refractivity contribution in [1.82, 2.24) is 0 Å². The Hall–Kier alpha value is -1.28. The number of esters is 2. The molecule has 7 nitrogen and oxygen atoms in total. The van der Waals surface area contributed by atoms with Crippen molar-refractivity contribution in [3.8, 4) is 0 Å². The average molecular weight is 402 g/mol. The number of nitrogens with two attached hydrogens (primary N) is 1. The van der Waals surface area contributed by atoms with E-state index in [0.29, 0.717) is 5.54 Å². The molecule has 0 radical (unpaired) electrons. The lowest BCUT2D eigenvalue weighted by molar-refractivity contribution is -0.169. The second-order valence-corrected chi connectivity index (χ2v) is 8.77. The van der Waals surface area contributed by atoms with Gasteiger partial charge in [-0.3, -0.25) is 9.59 Å². The smallest absolute Gasteiger partial charge is 0.345 e. The summed E-state index contributed by atoms with van der Waals surface area (Å²) in [6.45, 7) is 1.55. The van der Waals surface area contributed by atoms with E-state index >= 15 is 0 Å². The molecule has 3 N–H and O–H groups in total. The van der Waals surface area contributed by atoms with E-state index in [1.165, 1.54) is 38.5 Å². The van der Waals surface area contributed by atoms with E-state index in [-0.39, 0.29) is 5.75 Å². The Bertz CT molecular complexity index is 531. The summed E-state index contributed by atoms with van der Waals surface area (Å²) in [6.07, 6.45) is 6.55. The largest absolute Gasteiger partial charge is 0.478 e. The summed E-state index contributed by atoms with van der Waals surface area (Å²) in [7, 11) is 1.12. The van der Waals surface area contributed by atoms with Gasteiger partial charge < -0.3 is 20.3 Å². The van der Waals surface area contributed by atoms with Crippen molar-refractivity contribution in [3.05, 3.63) is 0 Å². The first-order valence-electron chi connectivity index (χ1n) is 9.55. The third kappa shape index (κ3) is 6.10. The van der Waals surface area contributed by atoms with Crippen LogP contribution in [0.4, 0.5) is 0 Å². The van der Waals surface area contributed by atoms with Gasteiger partial charge in [0.2, 0.25) is 6.10 Å². The zero-order valence-electron chi connectivity index (χ0n) is 16.1. The Morgan fingerprint density at radius 3 is 1.96 bits per heavy atom. The molecule has 4 aliphatic carbocycles. The number of methoxy groups -OCH3 is 1. The molecule has 2 atom stereocenters. The molecule has 4 fully saturated rings.